The minimum atomic E-state index is -0.480. The van der Waals surface area contributed by atoms with E-state index >= 15 is 0 Å². The van der Waals surface area contributed by atoms with E-state index in [2.05, 4.69) is 5.32 Å². The van der Waals surface area contributed by atoms with Crippen molar-refractivity contribution in [2.24, 2.45) is 0 Å². The molecule has 0 aliphatic rings. The molecule has 0 spiro atoms. The molecule has 8 heteroatoms. The molecule has 0 saturated heterocycles. The zero-order valence-corrected chi connectivity index (χ0v) is 14.6. The first kappa shape index (κ1) is 18.0. The summed E-state index contributed by atoms with van der Waals surface area (Å²) in [5.74, 6) is 1.10. The highest BCUT2D eigenvalue weighted by atomic mass is 16.6. The van der Waals surface area contributed by atoms with E-state index in [4.69, 9.17) is 13.9 Å². The van der Waals surface area contributed by atoms with E-state index in [1.807, 2.05) is 0 Å². The third-order valence-corrected chi connectivity index (χ3v) is 3.85. The predicted octanol–water partition coefficient (Wildman–Crippen LogP) is 4.12. The molecule has 1 aromatic heterocycles. The van der Waals surface area contributed by atoms with Crippen molar-refractivity contribution in [1.82, 2.24) is 0 Å². The normalized spacial score (nSPS) is 10.3. The van der Waals surface area contributed by atoms with Crippen LogP contribution in [0.4, 0.5) is 11.4 Å². The fourth-order valence-corrected chi connectivity index (χ4v) is 2.46. The third kappa shape index (κ3) is 3.90. The van der Waals surface area contributed by atoms with E-state index in [0.29, 0.717) is 28.5 Å². The first-order chi connectivity index (χ1) is 13.0. The number of nitrogens with zero attached hydrogens (tertiary/aromatic N) is 1. The highest BCUT2D eigenvalue weighted by Crippen LogP contribution is 2.30. The molecule has 0 atom stereocenters. The zero-order valence-electron chi connectivity index (χ0n) is 14.6. The zero-order chi connectivity index (χ0) is 19.4. The lowest BCUT2D eigenvalue weighted by molar-refractivity contribution is -0.384. The van der Waals surface area contributed by atoms with Crippen LogP contribution in [0.25, 0.3) is 11.3 Å². The summed E-state index contributed by atoms with van der Waals surface area (Å²) in [4.78, 5) is 22.7. The number of nitrogens with one attached hydrogen (secondary N) is 1. The van der Waals surface area contributed by atoms with Gasteiger partial charge >= 0.3 is 0 Å². The Morgan fingerprint density at radius 1 is 1.04 bits per heavy atom. The molecule has 0 fully saturated rings. The standard InChI is InChI=1S/C19H16N2O6/c1-25-14-7-8-17(26-2)15(11-14)20-19(22)18-10-9-16(27-18)12-3-5-13(6-4-12)21(23)24/h3-11H,1-2H3,(H,20,22). The number of amides is 1. The number of carbonyl (C=O) groups excluding carboxylic acids is 1. The van der Waals surface area contributed by atoms with E-state index < -0.39 is 10.8 Å². The number of ether oxygens (including phenoxy) is 2. The molecular weight excluding hydrogens is 352 g/mol. The van der Waals surface area contributed by atoms with Gasteiger partial charge in [-0.25, -0.2) is 0 Å². The number of furan rings is 1. The molecule has 3 aromatic rings. The second-order valence-corrected chi connectivity index (χ2v) is 5.49. The lowest BCUT2D eigenvalue weighted by Gasteiger charge is -2.10. The van der Waals surface area contributed by atoms with Crippen LogP contribution in [0.15, 0.2) is 59.0 Å². The van der Waals surface area contributed by atoms with Crippen LogP contribution < -0.4 is 14.8 Å². The maximum absolute atomic E-state index is 12.5. The minimum absolute atomic E-state index is 0.0200. The fourth-order valence-electron chi connectivity index (χ4n) is 2.46. The third-order valence-electron chi connectivity index (χ3n) is 3.85. The number of hydrogen-bond acceptors (Lipinski definition) is 6. The van der Waals surface area contributed by atoms with Gasteiger partial charge in [-0.15, -0.1) is 0 Å². The molecule has 0 aliphatic heterocycles. The number of benzene rings is 2. The van der Waals surface area contributed by atoms with Crippen molar-refractivity contribution in [3.63, 3.8) is 0 Å². The molecule has 8 nitrogen and oxygen atoms in total. The Bertz CT molecular complexity index is 978. The molecule has 27 heavy (non-hydrogen) atoms. The highest BCUT2D eigenvalue weighted by molar-refractivity contribution is 6.03. The number of nitro benzene ring substituents is 1. The minimum Gasteiger partial charge on any atom is -0.497 e. The van der Waals surface area contributed by atoms with Gasteiger partial charge in [-0.05, 0) is 36.4 Å². The average Bonchev–Trinajstić information content (AvgIpc) is 3.18. The van der Waals surface area contributed by atoms with Crippen molar-refractivity contribution in [2.75, 3.05) is 19.5 Å². The first-order valence-electron chi connectivity index (χ1n) is 7.90. The summed E-state index contributed by atoms with van der Waals surface area (Å²) in [5.41, 5.74) is 1.04. The Labute approximate surface area is 154 Å². The summed E-state index contributed by atoms with van der Waals surface area (Å²) in [7, 11) is 3.02. The van der Waals surface area contributed by atoms with Crippen LogP contribution in [0.1, 0.15) is 10.6 Å². The van der Waals surface area contributed by atoms with Crippen molar-refractivity contribution >= 4 is 17.3 Å². The van der Waals surface area contributed by atoms with Gasteiger partial charge in [0.05, 0.1) is 24.8 Å². The van der Waals surface area contributed by atoms with Gasteiger partial charge in [0, 0.05) is 23.8 Å². The Kier molecular flexibility index (Phi) is 5.07. The lowest BCUT2D eigenvalue weighted by Crippen LogP contribution is -2.11. The Morgan fingerprint density at radius 3 is 2.41 bits per heavy atom. The molecule has 0 aliphatic carbocycles. The molecule has 0 bridgehead atoms. The molecule has 0 saturated carbocycles. The topological polar surface area (TPSA) is 104 Å². The average molecular weight is 368 g/mol. The van der Waals surface area contributed by atoms with Gasteiger partial charge in [-0.3, -0.25) is 14.9 Å². The summed E-state index contributed by atoms with van der Waals surface area (Å²) in [6.07, 6.45) is 0. The van der Waals surface area contributed by atoms with Crippen LogP contribution in [-0.4, -0.2) is 25.1 Å². The van der Waals surface area contributed by atoms with E-state index in [1.165, 1.54) is 32.4 Å². The van der Waals surface area contributed by atoms with E-state index in [0.717, 1.165) is 0 Å². The van der Waals surface area contributed by atoms with Crippen molar-refractivity contribution in [3.05, 3.63) is 70.5 Å². The molecule has 2 aromatic carbocycles. The van der Waals surface area contributed by atoms with Crippen molar-refractivity contribution in [3.8, 4) is 22.8 Å². The Balaban J connectivity index is 1.80. The van der Waals surface area contributed by atoms with Gasteiger partial charge in [0.2, 0.25) is 0 Å². The van der Waals surface area contributed by atoms with Crippen LogP contribution in [0.5, 0.6) is 11.5 Å². The number of anilines is 1. The van der Waals surface area contributed by atoms with Gasteiger partial charge in [-0.2, -0.15) is 0 Å². The van der Waals surface area contributed by atoms with E-state index in [1.54, 1.807) is 36.4 Å². The van der Waals surface area contributed by atoms with Crippen molar-refractivity contribution < 1.29 is 23.6 Å². The van der Waals surface area contributed by atoms with Crippen LogP contribution in [-0.2, 0) is 0 Å². The van der Waals surface area contributed by atoms with Gasteiger partial charge in [0.15, 0.2) is 5.76 Å². The molecule has 1 N–H and O–H groups in total. The summed E-state index contributed by atoms with van der Waals surface area (Å²) in [6, 6.07) is 14.0. The molecule has 3 rings (SSSR count). The summed E-state index contributed by atoms with van der Waals surface area (Å²) in [5, 5.41) is 13.4. The molecular formula is C19H16N2O6. The molecule has 0 unspecified atom stereocenters. The highest BCUT2D eigenvalue weighted by Gasteiger charge is 2.16. The number of carbonyl (C=O) groups is 1. The fraction of sp³-hybridized carbons (Fsp3) is 0.105. The first-order valence-corrected chi connectivity index (χ1v) is 7.90. The maximum Gasteiger partial charge on any atom is 0.291 e. The number of non-ortho nitro benzene ring substituents is 1. The van der Waals surface area contributed by atoms with Crippen molar-refractivity contribution in [2.45, 2.75) is 0 Å². The molecule has 0 radical (unpaired) electrons. The van der Waals surface area contributed by atoms with Crippen LogP contribution >= 0.6 is 0 Å². The molecule has 1 heterocycles. The number of rotatable bonds is 6. The van der Waals surface area contributed by atoms with Crippen molar-refractivity contribution in [1.29, 1.82) is 0 Å². The maximum atomic E-state index is 12.5. The molecule has 1 amide bonds. The summed E-state index contributed by atoms with van der Waals surface area (Å²) < 4.78 is 16.0. The second kappa shape index (κ2) is 7.61. The number of nitro groups is 1. The number of hydrogen-bond donors (Lipinski definition) is 1. The van der Waals surface area contributed by atoms with Gasteiger partial charge in [0.25, 0.3) is 11.6 Å². The predicted molar refractivity (Wildman–Crippen MR) is 98.3 cm³/mol. The van der Waals surface area contributed by atoms with E-state index in [-0.39, 0.29) is 11.4 Å². The van der Waals surface area contributed by atoms with Crippen LogP contribution in [0, 0.1) is 10.1 Å². The van der Waals surface area contributed by atoms with E-state index in [9.17, 15) is 14.9 Å². The van der Waals surface area contributed by atoms with Gasteiger partial charge in [0.1, 0.15) is 17.3 Å². The molecule has 138 valence electrons. The lowest BCUT2D eigenvalue weighted by atomic mass is 10.1. The van der Waals surface area contributed by atoms with Gasteiger partial charge in [-0.1, -0.05) is 0 Å². The quantitative estimate of drug-likeness (QED) is 0.518. The van der Waals surface area contributed by atoms with Gasteiger partial charge < -0.3 is 19.2 Å². The Hall–Kier alpha value is -3.81. The van der Waals surface area contributed by atoms with Crippen LogP contribution in [0.2, 0.25) is 0 Å². The second-order valence-electron chi connectivity index (χ2n) is 5.49. The Morgan fingerprint density at radius 2 is 1.78 bits per heavy atom. The number of methoxy groups -OCH3 is 2. The summed E-state index contributed by atoms with van der Waals surface area (Å²) in [6.45, 7) is 0. The monoisotopic (exact) mass is 368 g/mol. The smallest absolute Gasteiger partial charge is 0.291 e. The van der Waals surface area contributed by atoms with Crippen LogP contribution in [0.3, 0.4) is 0 Å². The SMILES string of the molecule is COc1ccc(OC)c(NC(=O)c2ccc(-c3ccc([N+](=O)[O-])cc3)o2)c1. The summed E-state index contributed by atoms with van der Waals surface area (Å²) >= 11 is 0. The largest absolute Gasteiger partial charge is 0.497 e.